The van der Waals surface area contributed by atoms with E-state index in [2.05, 4.69) is 17.2 Å². The molecule has 2 heterocycles. The number of nitrogens with zero attached hydrogens (tertiary/aromatic N) is 3. The molecule has 0 saturated carbocycles. The summed E-state index contributed by atoms with van der Waals surface area (Å²) in [4.78, 5) is 40.7. The predicted molar refractivity (Wildman–Crippen MR) is 133 cm³/mol. The van der Waals surface area contributed by atoms with Gasteiger partial charge in [0.25, 0.3) is 5.91 Å². The van der Waals surface area contributed by atoms with Gasteiger partial charge in [-0.3, -0.25) is 14.5 Å². The van der Waals surface area contributed by atoms with E-state index in [1.54, 1.807) is 17.0 Å². The normalized spacial score (nSPS) is 17.4. The third kappa shape index (κ3) is 5.93. The van der Waals surface area contributed by atoms with Gasteiger partial charge in [0.1, 0.15) is 11.9 Å². The van der Waals surface area contributed by atoms with E-state index in [0.717, 1.165) is 11.1 Å². The molecule has 0 aromatic heterocycles. The molecule has 4 rings (SSSR count). The lowest BCUT2D eigenvalue weighted by molar-refractivity contribution is -0.125. The Morgan fingerprint density at radius 2 is 1.86 bits per heavy atom. The van der Waals surface area contributed by atoms with Gasteiger partial charge in [-0.05, 0) is 35.9 Å². The predicted octanol–water partition coefficient (Wildman–Crippen LogP) is 1.45. The highest BCUT2D eigenvalue weighted by atomic mass is 19.1. The van der Waals surface area contributed by atoms with Crippen molar-refractivity contribution in [2.75, 3.05) is 49.1 Å². The monoisotopic (exact) mass is 493 g/mol. The number of halogens is 1. The second-order valence-electron chi connectivity index (χ2n) is 8.62. The summed E-state index contributed by atoms with van der Waals surface area (Å²) in [5, 5.41) is 2.61. The molecule has 10 heteroatoms. The first kappa shape index (κ1) is 25.0. The molecule has 2 saturated heterocycles. The van der Waals surface area contributed by atoms with Crippen LogP contribution in [0.25, 0.3) is 0 Å². The molecule has 188 valence electrons. The van der Waals surface area contributed by atoms with Crippen LogP contribution in [-0.2, 0) is 20.9 Å². The van der Waals surface area contributed by atoms with E-state index in [1.807, 2.05) is 29.2 Å². The smallest absolute Gasteiger partial charge is 0.414 e. The molecule has 2 aliphatic rings. The van der Waals surface area contributed by atoms with E-state index in [-0.39, 0.29) is 24.9 Å². The topological polar surface area (TPSA) is 108 Å². The summed E-state index contributed by atoms with van der Waals surface area (Å²) in [5.41, 5.74) is 8.11. The highest BCUT2D eigenvalue weighted by molar-refractivity contribution is 5.94. The lowest BCUT2D eigenvalue weighted by atomic mass is 10.1. The maximum Gasteiger partial charge on any atom is 0.414 e. The number of carbonyl (C=O) groups excluding carboxylic acids is 3. The van der Waals surface area contributed by atoms with Crippen LogP contribution in [0.5, 0.6) is 0 Å². The second-order valence-corrected chi connectivity index (χ2v) is 8.62. The fourth-order valence-corrected chi connectivity index (χ4v) is 4.10. The summed E-state index contributed by atoms with van der Waals surface area (Å²) >= 11 is 0. The number of nitrogens with one attached hydrogen (secondary N) is 1. The van der Waals surface area contributed by atoms with Crippen molar-refractivity contribution in [1.82, 2.24) is 10.2 Å². The summed E-state index contributed by atoms with van der Waals surface area (Å²) in [6.07, 6.45) is -1.08. The summed E-state index contributed by atoms with van der Waals surface area (Å²) in [6.45, 7) is 4.01. The maximum atomic E-state index is 15.0. The van der Waals surface area contributed by atoms with Crippen LogP contribution >= 0.6 is 0 Å². The van der Waals surface area contributed by atoms with E-state index in [4.69, 9.17) is 10.5 Å². The summed E-state index contributed by atoms with van der Waals surface area (Å²) in [6, 6.07) is 12.0. The number of hydrogen-bond donors (Lipinski definition) is 2. The van der Waals surface area contributed by atoms with Crippen LogP contribution in [0.1, 0.15) is 18.1 Å². The molecule has 36 heavy (non-hydrogen) atoms. The van der Waals surface area contributed by atoms with Gasteiger partial charge in [-0.2, -0.15) is 0 Å². The number of benzene rings is 2. The number of nitrogens with two attached hydrogens (primary N) is 1. The molecule has 0 aliphatic carbocycles. The van der Waals surface area contributed by atoms with Crippen molar-refractivity contribution in [1.29, 1.82) is 0 Å². The Morgan fingerprint density at radius 3 is 2.50 bits per heavy atom. The Hall–Kier alpha value is -4.10. The van der Waals surface area contributed by atoms with E-state index in [0.29, 0.717) is 44.1 Å². The quantitative estimate of drug-likeness (QED) is 0.611. The van der Waals surface area contributed by atoms with Crippen LogP contribution in [-0.4, -0.2) is 68.2 Å². The zero-order valence-corrected chi connectivity index (χ0v) is 20.0. The van der Waals surface area contributed by atoms with E-state index in [1.165, 1.54) is 17.9 Å². The summed E-state index contributed by atoms with van der Waals surface area (Å²) < 4.78 is 20.2. The van der Waals surface area contributed by atoms with Crippen LogP contribution in [0.4, 0.5) is 20.6 Å². The molecule has 0 unspecified atom stereocenters. The average Bonchev–Trinajstić information content (AvgIpc) is 3.26. The molecule has 0 spiro atoms. The van der Waals surface area contributed by atoms with Gasteiger partial charge in [0, 0.05) is 51.1 Å². The zero-order chi connectivity index (χ0) is 25.7. The zero-order valence-electron chi connectivity index (χ0n) is 20.0. The third-order valence-electron chi connectivity index (χ3n) is 6.11. The Balaban J connectivity index is 1.33. The van der Waals surface area contributed by atoms with E-state index < -0.39 is 18.0 Å². The van der Waals surface area contributed by atoms with E-state index in [9.17, 15) is 18.8 Å². The Morgan fingerprint density at radius 1 is 1.14 bits per heavy atom. The van der Waals surface area contributed by atoms with Crippen molar-refractivity contribution in [3.05, 3.63) is 59.4 Å². The molecule has 0 bridgehead atoms. The number of carbonyl (C=O) groups is 3. The molecule has 3 N–H and O–H groups in total. The number of rotatable bonds is 5. The van der Waals surface area contributed by atoms with Gasteiger partial charge in [-0.15, -0.1) is 0 Å². The highest BCUT2D eigenvalue weighted by Crippen LogP contribution is 2.28. The molecule has 1 atom stereocenters. The molecule has 9 nitrogen and oxygen atoms in total. The Bertz CT molecular complexity index is 1200. The maximum absolute atomic E-state index is 15.0. The van der Waals surface area contributed by atoms with Gasteiger partial charge in [0.05, 0.1) is 24.5 Å². The van der Waals surface area contributed by atoms with Gasteiger partial charge in [0.15, 0.2) is 0 Å². The van der Waals surface area contributed by atoms with Gasteiger partial charge in [-0.25, -0.2) is 9.18 Å². The first-order chi connectivity index (χ1) is 17.3. The van der Waals surface area contributed by atoms with Gasteiger partial charge in [0.2, 0.25) is 5.91 Å². The van der Waals surface area contributed by atoms with E-state index >= 15 is 0 Å². The van der Waals surface area contributed by atoms with Gasteiger partial charge < -0.3 is 25.6 Å². The number of cyclic esters (lactones) is 1. The molecule has 2 aromatic carbocycles. The molecule has 2 fully saturated rings. The molecular formula is C26H28FN5O4. The van der Waals surface area contributed by atoms with Crippen molar-refractivity contribution < 1.29 is 23.5 Å². The minimum Gasteiger partial charge on any atom is -0.442 e. The second kappa shape index (κ2) is 11.1. The first-order valence-corrected chi connectivity index (χ1v) is 11.7. The Kier molecular flexibility index (Phi) is 7.71. The number of anilines is 2. The highest BCUT2D eigenvalue weighted by Gasteiger charge is 2.33. The first-order valence-electron chi connectivity index (χ1n) is 11.7. The van der Waals surface area contributed by atoms with Crippen LogP contribution in [0.15, 0.2) is 42.5 Å². The van der Waals surface area contributed by atoms with Crippen LogP contribution in [0.2, 0.25) is 0 Å². The molecule has 2 aliphatic heterocycles. The standard InChI is InChI=1S/C26H28FN5O4/c1-18(33)29-16-22-17-32(26(35)36-22)21-7-8-24(23(27)14-21)30-10-12-31(13-11-30)25(34)9-6-19-2-4-20(15-28)5-3-19/h2-5,7-8,14,22H,10-13,15-17,28H2,1H3,(H,29,33)/t22-/m0/s1. The SMILES string of the molecule is CC(=O)NC[C@H]1CN(c2ccc(N3CCN(C(=O)C#Cc4ccc(CN)cc4)CC3)c(F)c2)C(=O)O1. The lowest BCUT2D eigenvalue weighted by Crippen LogP contribution is -2.48. The van der Waals surface area contributed by atoms with Gasteiger partial charge in [-0.1, -0.05) is 18.1 Å². The lowest BCUT2D eigenvalue weighted by Gasteiger charge is -2.35. The van der Waals surface area contributed by atoms with Crippen molar-refractivity contribution in [3.63, 3.8) is 0 Å². The fraction of sp³-hybridized carbons (Fsp3) is 0.346. The van der Waals surface area contributed by atoms with Crippen molar-refractivity contribution in [2.45, 2.75) is 19.6 Å². The number of hydrogen-bond acceptors (Lipinski definition) is 6. The minimum absolute atomic E-state index is 0.200. The number of amides is 3. The fourth-order valence-electron chi connectivity index (χ4n) is 4.10. The molecular weight excluding hydrogens is 465 g/mol. The van der Waals surface area contributed by atoms with Crippen molar-refractivity contribution in [2.24, 2.45) is 5.73 Å². The van der Waals surface area contributed by atoms with Crippen molar-refractivity contribution >= 4 is 29.3 Å². The minimum atomic E-state index is -0.582. The molecule has 0 radical (unpaired) electrons. The van der Waals surface area contributed by atoms with Crippen LogP contribution in [0.3, 0.4) is 0 Å². The molecule has 3 amide bonds. The average molecular weight is 494 g/mol. The van der Waals surface area contributed by atoms with Gasteiger partial charge >= 0.3 is 6.09 Å². The summed E-state index contributed by atoms with van der Waals surface area (Å²) in [7, 11) is 0. The largest absolute Gasteiger partial charge is 0.442 e. The number of ether oxygens (including phenoxy) is 1. The van der Waals surface area contributed by atoms with Crippen LogP contribution in [0, 0.1) is 17.7 Å². The van der Waals surface area contributed by atoms with Crippen LogP contribution < -0.4 is 20.9 Å². The molecule has 2 aromatic rings. The van der Waals surface area contributed by atoms with Crippen molar-refractivity contribution in [3.8, 4) is 11.8 Å². The summed E-state index contributed by atoms with van der Waals surface area (Å²) in [5.74, 6) is 4.60. The Labute approximate surface area is 209 Å². The third-order valence-corrected chi connectivity index (χ3v) is 6.11. The number of piperazine rings is 1.